The van der Waals surface area contributed by atoms with Gasteiger partial charge in [-0.05, 0) is 12.1 Å². The van der Waals surface area contributed by atoms with Gasteiger partial charge < -0.3 is 9.64 Å². The molecule has 22 heavy (non-hydrogen) atoms. The molecule has 0 aliphatic carbocycles. The van der Waals surface area contributed by atoms with Crippen LogP contribution >= 0.6 is 0 Å². The van der Waals surface area contributed by atoms with Gasteiger partial charge in [0.25, 0.3) is 5.91 Å². The highest BCUT2D eigenvalue weighted by Crippen LogP contribution is 2.09. The van der Waals surface area contributed by atoms with Gasteiger partial charge in [-0.1, -0.05) is 18.2 Å². The van der Waals surface area contributed by atoms with Crippen molar-refractivity contribution in [3.63, 3.8) is 0 Å². The van der Waals surface area contributed by atoms with E-state index in [0.717, 1.165) is 25.4 Å². The van der Waals surface area contributed by atoms with Crippen molar-refractivity contribution in [3.8, 4) is 5.75 Å². The number of hydrogen-bond donors (Lipinski definition) is 1. The van der Waals surface area contributed by atoms with Crippen LogP contribution in [0.25, 0.3) is 0 Å². The second kappa shape index (κ2) is 7.04. The lowest BCUT2D eigenvalue weighted by molar-refractivity contribution is 0.0614. The Morgan fingerprint density at radius 2 is 1.95 bits per heavy atom. The molecule has 1 aliphatic heterocycles. The van der Waals surface area contributed by atoms with E-state index in [1.54, 1.807) is 0 Å². The van der Waals surface area contributed by atoms with Gasteiger partial charge in [-0.15, -0.1) is 0 Å². The summed E-state index contributed by atoms with van der Waals surface area (Å²) in [5.41, 5.74) is 0.376. The summed E-state index contributed by atoms with van der Waals surface area (Å²) in [5, 5.41) is 9.97. The molecule has 1 aromatic heterocycles. The number of aromatic nitrogens is 3. The van der Waals surface area contributed by atoms with Crippen LogP contribution in [0.15, 0.2) is 36.5 Å². The molecule has 0 unspecified atom stereocenters. The molecular formula is C15H19N5O2. The van der Waals surface area contributed by atoms with E-state index in [4.69, 9.17) is 4.74 Å². The summed E-state index contributed by atoms with van der Waals surface area (Å²) in [6.45, 7) is 4.62. The number of rotatable bonds is 5. The molecule has 7 heteroatoms. The van der Waals surface area contributed by atoms with Crippen LogP contribution in [-0.4, -0.2) is 70.4 Å². The van der Waals surface area contributed by atoms with Crippen LogP contribution in [0, 0.1) is 0 Å². The van der Waals surface area contributed by atoms with Gasteiger partial charge in [0, 0.05) is 32.7 Å². The van der Waals surface area contributed by atoms with Gasteiger partial charge in [-0.2, -0.15) is 15.4 Å². The molecule has 0 bridgehead atoms. The molecule has 1 amide bonds. The van der Waals surface area contributed by atoms with Crippen molar-refractivity contribution in [2.45, 2.75) is 0 Å². The smallest absolute Gasteiger partial charge is 0.276 e. The number of piperazine rings is 1. The van der Waals surface area contributed by atoms with E-state index in [9.17, 15) is 4.79 Å². The molecule has 7 nitrogen and oxygen atoms in total. The predicted molar refractivity (Wildman–Crippen MR) is 80.7 cm³/mol. The molecule has 1 fully saturated rings. The van der Waals surface area contributed by atoms with E-state index in [2.05, 4.69) is 20.3 Å². The third-order valence-electron chi connectivity index (χ3n) is 3.71. The average Bonchev–Trinajstić information content (AvgIpc) is 3.10. The zero-order valence-electron chi connectivity index (χ0n) is 12.3. The second-order valence-electron chi connectivity index (χ2n) is 5.15. The van der Waals surface area contributed by atoms with E-state index in [-0.39, 0.29) is 5.91 Å². The normalized spacial score (nSPS) is 15.7. The quantitative estimate of drug-likeness (QED) is 0.877. The minimum atomic E-state index is -0.0612. The summed E-state index contributed by atoms with van der Waals surface area (Å²) >= 11 is 0. The SMILES string of the molecule is O=C(c1cn[nH]n1)N1CCN(CCOc2ccccc2)CC1. The number of carbonyl (C=O) groups excluding carboxylic acids is 1. The molecule has 1 saturated heterocycles. The molecule has 0 spiro atoms. The van der Waals surface area contributed by atoms with Crippen molar-refractivity contribution in [2.75, 3.05) is 39.3 Å². The van der Waals surface area contributed by atoms with E-state index in [1.807, 2.05) is 35.2 Å². The number of carbonyl (C=O) groups is 1. The average molecular weight is 301 g/mol. The Morgan fingerprint density at radius 1 is 1.18 bits per heavy atom. The fourth-order valence-corrected chi connectivity index (χ4v) is 2.45. The number of aromatic amines is 1. The molecule has 1 N–H and O–H groups in total. The summed E-state index contributed by atoms with van der Waals surface area (Å²) in [6, 6.07) is 9.80. The summed E-state index contributed by atoms with van der Waals surface area (Å²) in [7, 11) is 0. The van der Waals surface area contributed by atoms with Crippen molar-refractivity contribution >= 4 is 5.91 Å². The lowest BCUT2D eigenvalue weighted by Crippen LogP contribution is -2.49. The number of nitrogens with zero attached hydrogens (tertiary/aromatic N) is 4. The van der Waals surface area contributed by atoms with Gasteiger partial charge in [-0.25, -0.2) is 0 Å². The minimum Gasteiger partial charge on any atom is -0.492 e. The third kappa shape index (κ3) is 3.62. The summed E-state index contributed by atoms with van der Waals surface area (Å²) in [4.78, 5) is 16.2. The maximum Gasteiger partial charge on any atom is 0.276 e. The number of ether oxygens (including phenoxy) is 1. The monoisotopic (exact) mass is 301 g/mol. The van der Waals surface area contributed by atoms with Crippen LogP contribution < -0.4 is 4.74 Å². The number of para-hydroxylation sites is 1. The largest absolute Gasteiger partial charge is 0.492 e. The highest BCUT2D eigenvalue weighted by Gasteiger charge is 2.23. The Morgan fingerprint density at radius 3 is 2.64 bits per heavy atom. The molecule has 2 heterocycles. The van der Waals surface area contributed by atoms with Crippen molar-refractivity contribution in [2.24, 2.45) is 0 Å². The number of amides is 1. The molecule has 116 valence electrons. The van der Waals surface area contributed by atoms with Crippen LogP contribution in [0.2, 0.25) is 0 Å². The first-order chi connectivity index (χ1) is 10.8. The summed E-state index contributed by atoms with van der Waals surface area (Å²) in [5.74, 6) is 0.830. The lowest BCUT2D eigenvalue weighted by Gasteiger charge is -2.34. The van der Waals surface area contributed by atoms with Gasteiger partial charge in [0.05, 0.1) is 6.20 Å². The molecule has 0 radical (unpaired) electrons. The number of benzene rings is 1. The van der Waals surface area contributed by atoms with Crippen LogP contribution in [0.3, 0.4) is 0 Å². The zero-order valence-corrected chi connectivity index (χ0v) is 12.3. The van der Waals surface area contributed by atoms with Crippen LogP contribution in [0.1, 0.15) is 10.5 Å². The molecular weight excluding hydrogens is 282 g/mol. The second-order valence-corrected chi connectivity index (χ2v) is 5.15. The lowest BCUT2D eigenvalue weighted by atomic mass is 10.3. The summed E-state index contributed by atoms with van der Waals surface area (Å²) in [6.07, 6.45) is 1.46. The van der Waals surface area contributed by atoms with Crippen LogP contribution in [-0.2, 0) is 0 Å². The van der Waals surface area contributed by atoms with Crippen molar-refractivity contribution in [3.05, 3.63) is 42.2 Å². The molecule has 0 atom stereocenters. The van der Waals surface area contributed by atoms with Crippen LogP contribution in [0.5, 0.6) is 5.75 Å². The third-order valence-corrected chi connectivity index (χ3v) is 3.71. The summed E-state index contributed by atoms with van der Waals surface area (Å²) < 4.78 is 5.70. The van der Waals surface area contributed by atoms with E-state index in [0.29, 0.717) is 25.4 Å². The Labute approximate surface area is 128 Å². The van der Waals surface area contributed by atoms with Gasteiger partial charge in [-0.3, -0.25) is 9.69 Å². The standard InChI is InChI=1S/C15H19N5O2/c21-15(14-12-16-18-17-14)20-8-6-19(7-9-20)10-11-22-13-4-2-1-3-5-13/h1-5,12H,6-11H2,(H,16,17,18). The maximum atomic E-state index is 12.1. The Bertz CT molecular complexity index is 579. The molecule has 1 aliphatic rings. The van der Waals surface area contributed by atoms with Crippen molar-refractivity contribution in [1.29, 1.82) is 0 Å². The Balaban J connectivity index is 1.39. The first-order valence-corrected chi connectivity index (χ1v) is 7.38. The fourth-order valence-electron chi connectivity index (χ4n) is 2.45. The Kier molecular flexibility index (Phi) is 4.65. The molecule has 1 aromatic carbocycles. The van der Waals surface area contributed by atoms with E-state index in [1.165, 1.54) is 6.20 Å². The minimum absolute atomic E-state index is 0.0612. The highest BCUT2D eigenvalue weighted by molar-refractivity contribution is 5.91. The first kappa shape index (κ1) is 14.5. The first-order valence-electron chi connectivity index (χ1n) is 7.38. The maximum absolute atomic E-state index is 12.1. The van der Waals surface area contributed by atoms with Crippen molar-refractivity contribution in [1.82, 2.24) is 25.2 Å². The topological polar surface area (TPSA) is 74.4 Å². The molecule has 0 saturated carbocycles. The van der Waals surface area contributed by atoms with Gasteiger partial charge in [0.15, 0.2) is 5.69 Å². The highest BCUT2D eigenvalue weighted by atomic mass is 16.5. The van der Waals surface area contributed by atoms with Crippen molar-refractivity contribution < 1.29 is 9.53 Å². The Hall–Kier alpha value is -2.41. The van der Waals surface area contributed by atoms with Gasteiger partial charge >= 0.3 is 0 Å². The predicted octanol–water partition coefficient (Wildman–Crippen LogP) is 0.641. The number of nitrogens with one attached hydrogen (secondary N) is 1. The van der Waals surface area contributed by atoms with E-state index < -0.39 is 0 Å². The zero-order chi connectivity index (χ0) is 15.2. The van der Waals surface area contributed by atoms with Gasteiger partial charge in [0.2, 0.25) is 0 Å². The van der Waals surface area contributed by atoms with Gasteiger partial charge in [0.1, 0.15) is 12.4 Å². The van der Waals surface area contributed by atoms with E-state index >= 15 is 0 Å². The molecule has 2 aromatic rings. The fraction of sp³-hybridized carbons (Fsp3) is 0.400. The number of H-pyrrole nitrogens is 1. The number of hydrogen-bond acceptors (Lipinski definition) is 5. The molecule has 3 rings (SSSR count). The van der Waals surface area contributed by atoms with Crippen LogP contribution in [0.4, 0.5) is 0 Å².